The number of nitrogens with zero attached hydrogens (tertiary/aromatic N) is 5. The van der Waals surface area contributed by atoms with E-state index < -0.39 is 0 Å². The van der Waals surface area contributed by atoms with E-state index in [9.17, 15) is 9.59 Å². The number of aromatic nitrogens is 4. The second-order valence-electron chi connectivity index (χ2n) is 5.72. The summed E-state index contributed by atoms with van der Waals surface area (Å²) in [4.78, 5) is 34.5. The molecule has 0 spiro atoms. The molecule has 8 nitrogen and oxygen atoms in total. The second kappa shape index (κ2) is 6.29. The maximum atomic E-state index is 12.9. The third-order valence-electron chi connectivity index (χ3n) is 4.02. The van der Waals surface area contributed by atoms with E-state index >= 15 is 0 Å². The van der Waals surface area contributed by atoms with Gasteiger partial charge in [-0.05, 0) is 24.4 Å². The zero-order chi connectivity index (χ0) is 16.6. The number of imidazole rings is 1. The molecule has 0 atom stereocenters. The first-order valence-corrected chi connectivity index (χ1v) is 7.78. The van der Waals surface area contributed by atoms with Crippen molar-refractivity contribution in [3.63, 3.8) is 0 Å². The van der Waals surface area contributed by atoms with Gasteiger partial charge >= 0.3 is 5.69 Å². The summed E-state index contributed by atoms with van der Waals surface area (Å²) >= 11 is 5.90. The number of fused-ring (bicyclic) bond motifs is 1. The van der Waals surface area contributed by atoms with Crippen LogP contribution in [0.4, 0.5) is 0 Å². The Hall–Kier alpha value is -1.93. The molecular formula is C14H18ClN5O3. The van der Waals surface area contributed by atoms with Gasteiger partial charge in [0.05, 0.1) is 6.20 Å². The first kappa shape index (κ1) is 15.9. The van der Waals surface area contributed by atoms with Crippen LogP contribution >= 0.6 is 11.6 Å². The van der Waals surface area contributed by atoms with Crippen molar-refractivity contribution in [1.82, 2.24) is 24.0 Å². The lowest BCUT2D eigenvalue weighted by molar-refractivity contribution is -0.129. The lowest BCUT2D eigenvalue weighted by Gasteiger charge is -2.22. The van der Waals surface area contributed by atoms with Gasteiger partial charge in [0.15, 0.2) is 5.65 Å². The topological polar surface area (TPSA) is 82.2 Å². The predicted molar refractivity (Wildman–Crippen MR) is 84.6 cm³/mol. The molecule has 1 aliphatic heterocycles. The first-order chi connectivity index (χ1) is 11.0. The van der Waals surface area contributed by atoms with Crippen LogP contribution in [0, 0.1) is 0 Å². The van der Waals surface area contributed by atoms with E-state index in [4.69, 9.17) is 16.3 Å². The van der Waals surface area contributed by atoms with Crippen LogP contribution in [-0.4, -0.2) is 57.2 Å². The van der Waals surface area contributed by atoms with Crippen molar-refractivity contribution >= 4 is 28.7 Å². The predicted octanol–water partition coefficient (Wildman–Crippen LogP) is 0.686. The highest BCUT2D eigenvalue weighted by Crippen LogP contribution is 2.24. The number of hydrogen-bond donors (Lipinski definition) is 0. The van der Waals surface area contributed by atoms with Gasteiger partial charge in [0.2, 0.25) is 11.2 Å². The van der Waals surface area contributed by atoms with E-state index in [-0.39, 0.29) is 29.5 Å². The fourth-order valence-electron chi connectivity index (χ4n) is 2.74. The Balaban J connectivity index is 2.15. The molecule has 0 bridgehead atoms. The molecule has 0 aromatic carbocycles. The summed E-state index contributed by atoms with van der Waals surface area (Å²) in [5, 5.41) is 0.0781. The summed E-state index contributed by atoms with van der Waals surface area (Å²) in [5.74, 6) is -0.173. The van der Waals surface area contributed by atoms with Gasteiger partial charge in [0.1, 0.15) is 12.1 Å². The van der Waals surface area contributed by atoms with Crippen molar-refractivity contribution in [2.45, 2.75) is 25.4 Å². The van der Waals surface area contributed by atoms with E-state index in [1.165, 1.54) is 15.7 Å². The molecule has 1 fully saturated rings. The minimum absolute atomic E-state index is 0.0135. The Morgan fingerprint density at radius 3 is 2.78 bits per heavy atom. The van der Waals surface area contributed by atoms with Crippen LogP contribution in [0.15, 0.2) is 11.0 Å². The van der Waals surface area contributed by atoms with Gasteiger partial charge in [-0.15, -0.1) is 0 Å². The van der Waals surface area contributed by atoms with Gasteiger partial charge in [0, 0.05) is 33.4 Å². The molecule has 0 aliphatic carbocycles. The molecule has 23 heavy (non-hydrogen) atoms. The number of hydrogen-bond acceptors (Lipinski definition) is 5. The van der Waals surface area contributed by atoms with Crippen LogP contribution in [0.2, 0.25) is 5.28 Å². The largest absolute Gasteiger partial charge is 0.381 e. The van der Waals surface area contributed by atoms with Gasteiger partial charge in [-0.25, -0.2) is 9.78 Å². The lowest BCUT2D eigenvalue weighted by atomic mass is 10.1. The summed E-state index contributed by atoms with van der Waals surface area (Å²) in [5.41, 5.74) is 0.716. The molecule has 3 heterocycles. The molecule has 0 radical (unpaired) electrons. The van der Waals surface area contributed by atoms with Crippen molar-refractivity contribution in [2.24, 2.45) is 0 Å². The van der Waals surface area contributed by atoms with Crippen molar-refractivity contribution < 1.29 is 9.53 Å². The van der Waals surface area contributed by atoms with Crippen LogP contribution in [-0.2, 0) is 16.1 Å². The smallest absolute Gasteiger partial charge is 0.331 e. The molecule has 1 saturated heterocycles. The third-order valence-corrected chi connectivity index (χ3v) is 4.21. The van der Waals surface area contributed by atoms with Crippen LogP contribution < -0.4 is 5.69 Å². The van der Waals surface area contributed by atoms with Gasteiger partial charge in [-0.2, -0.15) is 4.98 Å². The molecule has 0 N–H and O–H groups in total. The zero-order valence-electron chi connectivity index (χ0n) is 13.0. The molecule has 1 amide bonds. The molecule has 0 unspecified atom stereocenters. The zero-order valence-corrected chi connectivity index (χ0v) is 13.8. The average molecular weight is 340 g/mol. The Kier molecular flexibility index (Phi) is 4.36. The summed E-state index contributed by atoms with van der Waals surface area (Å²) in [6.45, 7) is 1.14. The van der Waals surface area contributed by atoms with Gasteiger partial charge in [-0.1, -0.05) is 0 Å². The van der Waals surface area contributed by atoms with Crippen LogP contribution in [0.5, 0.6) is 0 Å². The Bertz CT molecular complexity index is 792. The van der Waals surface area contributed by atoms with E-state index in [0.717, 1.165) is 12.8 Å². The Labute approximate surface area is 137 Å². The summed E-state index contributed by atoms with van der Waals surface area (Å²) < 4.78 is 8.38. The number of likely N-dealkylation sites (N-methyl/N-ethyl adjacent to an activating group) is 1. The summed E-state index contributed by atoms with van der Waals surface area (Å²) in [6.07, 6.45) is 2.94. The number of amides is 1. The monoisotopic (exact) mass is 339 g/mol. The second-order valence-corrected chi connectivity index (χ2v) is 6.06. The minimum Gasteiger partial charge on any atom is -0.381 e. The van der Waals surface area contributed by atoms with Crippen molar-refractivity contribution in [2.75, 3.05) is 27.3 Å². The number of halogens is 1. The highest BCUT2D eigenvalue weighted by molar-refractivity contribution is 6.28. The number of carbonyl (C=O) groups is 1. The first-order valence-electron chi connectivity index (χ1n) is 7.40. The van der Waals surface area contributed by atoms with Crippen LogP contribution in [0.1, 0.15) is 18.9 Å². The van der Waals surface area contributed by atoms with Gasteiger partial charge in [0.25, 0.3) is 0 Å². The molecule has 3 rings (SSSR count). The van der Waals surface area contributed by atoms with Crippen molar-refractivity contribution in [1.29, 1.82) is 0 Å². The normalized spacial score (nSPS) is 16.0. The Morgan fingerprint density at radius 2 is 2.13 bits per heavy atom. The fourth-order valence-corrected chi connectivity index (χ4v) is 2.87. The van der Waals surface area contributed by atoms with Crippen molar-refractivity contribution in [3.8, 4) is 0 Å². The molecule has 9 heteroatoms. The standard InChI is InChI=1S/C14H18ClN5O3/c1-18(2)11(21)8-19-10-7-16-13(15)17-12(10)20(14(19)22)9-3-5-23-6-4-9/h7,9H,3-6,8H2,1-2H3. The van der Waals surface area contributed by atoms with E-state index in [2.05, 4.69) is 9.97 Å². The minimum atomic E-state index is -0.265. The lowest BCUT2D eigenvalue weighted by Crippen LogP contribution is -2.34. The maximum Gasteiger partial charge on any atom is 0.331 e. The molecule has 2 aromatic rings. The highest BCUT2D eigenvalue weighted by Gasteiger charge is 2.25. The van der Waals surface area contributed by atoms with Crippen LogP contribution in [0.3, 0.4) is 0 Å². The fraction of sp³-hybridized carbons (Fsp3) is 0.571. The summed E-state index contributed by atoms with van der Waals surface area (Å²) in [6, 6.07) is -0.0135. The number of ether oxygens (including phenoxy) is 1. The SMILES string of the molecule is CN(C)C(=O)Cn1c(=O)n(C2CCOCC2)c2nc(Cl)ncc21. The maximum absolute atomic E-state index is 12.9. The Morgan fingerprint density at radius 1 is 1.43 bits per heavy atom. The molecular weight excluding hydrogens is 322 g/mol. The number of rotatable bonds is 3. The number of carbonyl (C=O) groups excluding carboxylic acids is 1. The van der Waals surface area contributed by atoms with Crippen LogP contribution in [0.25, 0.3) is 11.2 Å². The third kappa shape index (κ3) is 2.96. The molecule has 0 saturated carbocycles. The summed E-state index contributed by atoms with van der Waals surface area (Å²) in [7, 11) is 3.30. The van der Waals surface area contributed by atoms with E-state index in [1.54, 1.807) is 18.7 Å². The molecule has 2 aromatic heterocycles. The molecule has 124 valence electrons. The molecule has 1 aliphatic rings. The van der Waals surface area contributed by atoms with E-state index in [0.29, 0.717) is 24.4 Å². The average Bonchev–Trinajstić information content (AvgIpc) is 2.79. The van der Waals surface area contributed by atoms with Gasteiger partial charge < -0.3 is 9.64 Å². The van der Waals surface area contributed by atoms with Gasteiger partial charge in [-0.3, -0.25) is 13.9 Å². The van der Waals surface area contributed by atoms with E-state index in [1.807, 2.05) is 0 Å². The highest BCUT2D eigenvalue weighted by atomic mass is 35.5. The van der Waals surface area contributed by atoms with Crippen molar-refractivity contribution in [3.05, 3.63) is 22.0 Å². The quantitative estimate of drug-likeness (QED) is 0.768.